The molecule has 2 aromatic carbocycles. The fourth-order valence-corrected chi connectivity index (χ4v) is 6.22. The molecule has 0 fully saturated rings. The van der Waals surface area contributed by atoms with Gasteiger partial charge >= 0.3 is 0 Å². The molecule has 4 aromatic heterocycles. The smallest absolute Gasteiger partial charge is 0.225 e. The van der Waals surface area contributed by atoms with Crippen LogP contribution in [0.4, 0.5) is 0 Å². The maximum absolute atomic E-state index is 12.7. The number of pyridine rings is 4. The predicted octanol–water partition coefficient (Wildman–Crippen LogP) is 6.93. The molecule has 8 rings (SSSR count). The summed E-state index contributed by atoms with van der Waals surface area (Å²) >= 11 is 0. The Morgan fingerprint density at radius 1 is 0.523 bits per heavy atom. The molecule has 0 unspecified atom stereocenters. The summed E-state index contributed by atoms with van der Waals surface area (Å²) in [5.41, 5.74) is 12.2. The van der Waals surface area contributed by atoms with Crippen molar-refractivity contribution in [1.82, 2.24) is 19.9 Å². The zero-order valence-corrected chi connectivity index (χ0v) is 25.2. The number of benzene rings is 2. The second-order valence-electron chi connectivity index (χ2n) is 11.1. The monoisotopic (exact) mass is 580 g/mol. The number of aryl methyl sites for hydroxylation is 4. The fraction of sp³-hybridized carbons (Fsp3) is 0.167. The highest BCUT2D eigenvalue weighted by Crippen LogP contribution is 2.46. The summed E-state index contributed by atoms with van der Waals surface area (Å²) in [5.74, 6) is 0.661. The number of carbonyl (C=O) groups is 2. The zero-order valence-electron chi connectivity index (χ0n) is 25.2. The van der Waals surface area contributed by atoms with Gasteiger partial charge in [-0.3, -0.25) is 19.6 Å². The van der Waals surface area contributed by atoms with Crippen LogP contribution in [0, 0.1) is 27.7 Å². The molecular formula is C36H28N4O4. The van der Waals surface area contributed by atoms with E-state index in [0.29, 0.717) is 34.0 Å². The lowest BCUT2D eigenvalue weighted by Crippen LogP contribution is -2.02. The third kappa shape index (κ3) is 3.77. The van der Waals surface area contributed by atoms with Crippen LogP contribution in [0.5, 0.6) is 11.8 Å². The highest BCUT2D eigenvalue weighted by atomic mass is 16.5. The maximum Gasteiger partial charge on any atom is 0.225 e. The number of methoxy groups -OCH3 is 2. The summed E-state index contributed by atoms with van der Waals surface area (Å²) in [6.45, 7) is 8.19. The summed E-state index contributed by atoms with van der Waals surface area (Å²) in [4.78, 5) is 42.9. The number of carbonyl (C=O) groups excluding carboxylic acids is 2. The minimum Gasteiger partial charge on any atom is -0.480 e. The maximum atomic E-state index is 12.7. The topological polar surface area (TPSA) is 104 Å². The Hall–Kier alpha value is -5.50. The normalized spacial score (nSPS) is 12.4. The number of hydrogen-bond acceptors (Lipinski definition) is 8. The van der Waals surface area contributed by atoms with Crippen LogP contribution in [-0.4, -0.2) is 45.7 Å². The van der Waals surface area contributed by atoms with E-state index in [0.717, 1.165) is 60.8 Å². The standard InChI is InChI=1S/2C18H14N2O2/c1-9-4-5-12-14-13-8-19-7-6-11(13)17(21)15(14)18(22-3)20-16(12)10(9)2;1-9-4-5-12-14-11-6-7-19-8-13(11)17(21)15(14)18(22-3)20-16(12)10(9)2/h2*4-8H,1-3H3. The summed E-state index contributed by atoms with van der Waals surface area (Å²) in [6, 6.07) is 11.8. The minimum absolute atomic E-state index is 0.0446. The average molecular weight is 581 g/mol. The van der Waals surface area contributed by atoms with Gasteiger partial charge in [0.1, 0.15) is 0 Å². The highest BCUT2D eigenvalue weighted by molar-refractivity contribution is 6.27. The molecule has 0 saturated carbocycles. The van der Waals surface area contributed by atoms with Crippen molar-refractivity contribution in [2.24, 2.45) is 0 Å². The first-order valence-corrected chi connectivity index (χ1v) is 14.2. The molecule has 8 heteroatoms. The number of rotatable bonds is 2. The van der Waals surface area contributed by atoms with Crippen LogP contribution < -0.4 is 9.47 Å². The Morgan fingerprint density at radius 2 is 0.977 bits per heavy atom. The lowest BCUT2D eigenvalue weighted by Gasteiger charge is -2.12. The summed E-state index contributed by atoms with van der Waals surface area (Å²) in [5, 5.41) is 1.95. The van der Waals surface area contributed by atoms with E-state index in [2.05, 4.69) is 45.9 Å². The first-order chi connectivity index (χ1) is 21.3. The molecule has 0 atom stereocenters. The highest BCUT2D eigenvalue weighted by Gasteiger charge is 2.34. The van der Waals surface area contributed by atoms with E-state index in [1.807, 2.05) is 32.0 Å². The van der Waals surface area contributed by atoms with Gasteiger partial charge < -0.3 is 9.47 Å². The van der Waals surface area contributed by atoms with Crippen molar-refractivity contribution in [3.63, 3.8) is 0 Å². The van der Waals surface area contributed by atoms with E-state index in [4.69, 9.17) is 9.47 Å². The van der Waals surface area contributed by atoms with Gasteiger partial charge in [0.05, 0.1) is 36.4 Å². The molecule has 4 heterocycles. The first-order valence-electron chi connectivity index (χ1n) is 14.2. The van der Waals surface area contributed by atoms with Crippen molar-refractivity contribution in [1.29, 1.82) is 0 Å². The van der Waals surface area contributed by atoms with Gasteiger partial charge in [-0.25, -0.2) is 9.97 Å². The molecule has 0 aliphatic heterocycles. The SMILES string of the molecule is COc1nc2c(C)c(C)ccc2c2c1C(=O)c1ccncc1-2.COc1nc2c(C)c(C)ccc2c2c1C(=O)c1cnccc1-2. The van der Waals surface area contributed by atoms with E-state index >= 15 is 0 Å². The number of ketones is 2. The number of nitrogens with zero attached hydrogens (tertiary/aromatic N) is 4. The lowest BCUT2D eigenvalue weighted by atomic mass is 9.97. The Kier molecular flexibility index (Phi) is 6.25. The molecule has 0 saturated heterocycles. The third-order valence-electron chi connectivity index (χ3n) is 8.81. The molecule has 0 radical (unpaired) electrons. The van der Waals surface area contributed by atoms with Crippen molar-refractivity contribution in [3.05, 3.63) is 106 Å². The first kappa shape index (κ1) is 27.3. The largest absolute Gasteiger partial charge is 0.480 e. The van der Waals surface area contributed by atoms with E-state index in [1.165, 1.54) is 5.56 Å². The Balaban J connectivity index is 0.000000142. The quantitative estimate of drug-likeness (QED) is 0.217. The van der Waals surface area contributed by atoms with Crippen LogP contribution in [-0.2, 0) is 0 Å². The summed E-state index contributed by atoms with van der Waals surface area (Å²) in [7, 11) is 3.10. The molecule has 2 aliphatic rings. The van der Waals surface area contributed by atoms with Gasteiger partial charge in [0, 0.05) is 63.4 Å². The van der Waals surface area contributed by atoms with Gasteiger partial charge in [0.2, 0.25) is 17.5 Å². The lowest BCUT2D eigenvalue weighted by molar-refractivity contribution is 0.103. The van der Waals surface area contributed by atoms with Gasteiger partial charge in [-0.2, -0.15) is 0 Å². The minimum atomic E-state index is -0.0671. The third-order valence-corrected chi connectivity index (χ3v) is 8.81. The second-order valence-corrected chi connectivity index (χ2v) is 11.1. The average Bonchev–Trinajstić information content (AvgIpc) is 3.52. The van der Waals surface area contributed by atoms with Gasteiger partial charge in [-0.1, -0.05) is 24.3 Å². The van der Waals surface area contributed by atoms with Crippen molar-refractivity contribution >= 4 is 33.4 Å². The molecule has 6 aromatic rings. The van der Waals surface area contributed by atoms with Crippen LogP contribution >= 0.6 is 0 Å². The molecule has 0 bridgehead atoms. The van der Waals surface area contributed by atoms with Crippen molar-refractivity contribution in [3.8, 4) is 34.0 Å². The molecule has 44 heavy (non-hydrogen) atoms. The molecule has 2 aliphatic carbocycles. The fourth-order valence-electron chi connectivity index (χ4n) is 6.22. The van der Waals surface area contributed by atoms with Crippen LogP contribution in [0.1, 0.15) is 54.1 Å². The van der Waals surface area contributed by atoms with Crippen LogP contribution in [0.2, 0.25) is 0 Å². The number of fused-ring (bicyclic) bond motifs is 10. The zero-order chi connectivity index (χ0) is 30.9. The second kappa shape index (κ2) is 10.1. The molecule has 0 amide bonds. The Labute approximate surface area is 253 Å². The van der Waals surface area contributed by atoms with Gasteiger partial charge in [-0.15, -0.1) is 0 Å². The van der Waals surface area contributed by atoms with Crippen molar-refractivity contribution < 1.29 is 19.1 Å². The summed E-state index contributed by atoms with van der Waals surface area (Å²) in [6.07, 6.45) is 6.71. The Morgan fingerprint density at radius 3 is 1.50 bits per heavy atom. The predicted molar refractivity (Wildman–Crippen MR) is 169 cm³/mol. The molecule has 216 valence electrons. The van der Waals surface area contributed by atoms with E-state index in [1.54, 1.807) is 45.1 Å². The van der Waals surface area contributed by atoms with Crippen LogP contribution in [0.3, 0.4) is 0 Å². The van der Waals surface area contributed by atoms with Gasteiger partial charge in [-0.05, 0) is 67.6 Å². The Bertz CT molecular complexity index is 2080. The van der Waals surface area contributed by atoms with Gasteiger partial charge in [0.25, 0.3) is 0 Å². The summed E-state index contributed by atoms with van der Waals surface area (Å²) < 4.78 is 10.8. The van der Waals surface area contributed by atoms with E-state index in [-0.39, 0.29) is 11.6 Å². The van der Waals surface area contributed by atoms with Crippen molar-refractivity contribution in [2.45, 2.75) is 27.7 Å². The number of aromatic nitrogens is 4. The molecule has 8 nitrogen and oxygen atoms in total. The van der Waals surface area contributed by atoms with Gasteiger partial charge in [0.15, 0.2) is 5.78 Å². The van der Waals surface area contributed by atoms with E-state index < -0.39 is 0 Å². The van der Waals surface area contributed by atoms with Crippen LogP contribution in [0.15, 0.2) is 61.2 Å². The van der Waals surface area contributed by atoms with Crippen molar-refractivity contribution in [2.75, 3.05) is 14.2 Å². The number of ether oxygens (including phenoxy) is 2. The molecular weight excluding hydrogens is 552 g/mol. The molecule has 0 spiro atoms. The number of hydrogen-bond donors (Lipinski definition) is 0. The van der Waals surface area contributed by atoms with E-state index in [9.17, 15) is 9.59 Å². The van der Waals surface area contributed by atoms with Crippen LogP contribution in [0.25, 0.3) is 44.1 Å². The molecule has 0 N–H and O–H groups in total.